The first-order chi connectivity index (χ1) is 8.93. The number of pyridine rings is 1. The van der Waals surface area contributed by atoms with Crippen molar-refractivity contribution >= 4 is 23.5 Å². The second-order valence-electron chi connectivity index (χ2n) is 3.64. The van der Waals surface area contributed by atoms with Crippen molar-refractivity contribution in [2.75, 3.05) is 12.4 Å². The van der Waals surface area contributed by atoms with Gasteiger partial charge in [0.15, 0.2) is 0 Å². The van der Waals surface area contributed by atoms with Crippen LogP contribution in [-0.4, -0.2) is 46.1 Å². The van der Waals surface area contributed by atoms with Crippen LogP contribution in [0.25, 0.3) is 0 Å². The van der Waals surface area contributed by atoms with E-state index in [4.69, 9.17) is 10.2 Å². The maximum atomic E-state index is 11.4. The Morgan fingerprint density at radius 2 is 2.05 bits per heavy atom. The van der Waals surface area contributed by atoms with E-state index in [0.717, 1.165) is 0 Å². The van der Waals surface area contributed by atoms with Crippen LogP contribution in [0.15, 0.2) is 18.3 Å². The van der Waals surface area contributed by atoms with Gasteiger partial charge in [-0.3, -0.25) is 14.6 Å². The quantitative estimate of drug-likeness (QED) is 0.560. The van der Waals surface area contributed by atoms with Crippen molar-refractivity contribution < 1.29 is 24.6 Å². The molecule has 1 aromatic heterocycles. The summed E-state index contributed by atoms with van der Waals surface area (Å²) in [5.74, 6) is -2.95. The van der Waals surface area contributed by atoms with Crippen LogP contribution in [0.2, 0.25) is 0 Å². The van der Waals surface area contributed by atoms with Crippen molar-refractivity contribution in [3.05, 3.63) is 24.0 Å². The Bertz CT molecular complexity index is 503. The Hall–Kier alpha value is -2.64. The SMILES string of the molecule is CNC(=O)c1cc(NC(CC(=O)O)C(=O)O)ccn1. The third-order valence-corrected chi connectivity index (χ3v) is 2.24. The van der Waals surface area contributed by atoms with Crippen LogP contribution in [-0.2, 0) is 9.59 Å². The highest BCUT2D eigenvalue weighted by Gasteiger charge is 2.21. The molecular weight excluding hydrogens is 254 g/mol. The van der Waals surface area contributed by atoms with Crippen LogP contribution in [0, 0.1) is 0 Å². The number of hydrogen-bond acceptors (Lipinski definition) is 5. The van der Waals surface area contributed by atoms with Crippen molar-refractivity contribution in [3.63, 3.8) is 0 Å². The number of nitrogens with zero attached hydrogens (tertiary/aromatic N) is 1. The van der Waals surface area contributed by atoms with Crippen molar-refractivity contribution in [1.29, 1.82) is 0 Å². The molecule has 0 saturated carbocycles. The third-order valence-electron chi connectivity index (χ3n) is 2.24. The highest BCUT2D eigenvalue weighted by molar-refractivity contribution is 5.93. The van der Waals surface area contributed by atoms with Gasteiger partial charge in [-0.1, -0.05) is 0 Å². The molecule has 19 heavy (non-hydrogen) atoms. The molecule has 102 valence electrons. The van der Waals surface area contributed by atoms with Gasteiger partial charge in [0.1, 0.15) is 11.7 Å². The molecule has 1 rings (SSSR count). The van der Waals surface area contributed by atoms with Crippen LogP contribution in [0.1, 0.15) is 16.9 Å². The Labute approximate surface area is 108 Å². The summed E-state index contributed by atoms with van der Waals surface area (Å²) in [7, 11) is 1.44. The smallest absolute Gasteiger partial charge is 0.326 e. The minimum absolute atomic E-state index is 0.104. The van der Waals surface area contributed by atoms with E-state index >= 15 is 0 Å². The number of aromatic nitrogens is 1. The van der Waals surface area contributed by atoms with Gasteiger partial charge in [-0.2, -0.15) is 0 Å². The standard InChI is InChI=1S/C11H13N3O5/c1-12-10(17)7-4-6(2-3-13-7)14-8(11(18)19)5-9(15)16/h2-4,8H,5H2,1H3,(H,12,17)(H,13,14)(H,15,16)(H,18,19). The number of rotatable bonds is 6. The molecule has 1 amide bonds. The van der Waals surface area contributed by atoms with Crippen LogP contribution < -0.4 is 10.6 Å². The van der Waals surface area contributed by atoms with Gasteiger partial charge in [-0.15, -0.1) is 0 Å². The van der Waals surface area contributed by atoms with Gasteiger partial charge in [-0.25, -0.2) is 4.79 Å². The number of hydrogen-bond donors (Lipinski definition) is 4. The highest BCUT2D eigenvalue weighted by Crippen LogP contribution is 2.11. The molecule has 0 aliphatic carbocycles. The number of anilines is 1. The molecule has 0 aromatic carbocycles. The normalized spacial score (nSPS) is 11.4. The predicted octanol–water partition coefficient (Wildman–Crippen LogP) is -0.219. The Morgan fingerprint density at radius 3 is 2.58 bits per heavy atom. The van der Waals surface area contributed by atoms with Crippen molar-refractivity contribution in [3.8, 4) is 0 Å². The zero-order valence-electron chi connectivity index (χ0n) is 10.1. The summed E-state index contributed by atoms with van der Waals surface area (Å²) in [6, 6.07) is 1.51. The van der Waals surface area contributed by atoms with E-state index in [9.17, 15) is 14.4 Å². The summed E-state index contributed by atoms with van der Waals surface area (Å²) in [4.78, 5) is 36.6. The molecule has 0 spiro atoms. The largest absolute Gasteiger partial charge is 0.481 e. The Kier molecular flexibility index (Phi) is 4.81. The monoisotopic (exact) mass is 267 g/mol. The van der Waals surface area contributed by atoms with Crippen LogP contribution >= 0.6 is 0 Å². The molecular formula is C11H13N3O5. The third kappa shape index (κ3) is 4.26. The molecule has 0 saturated heterocycles. The first-order valence-corrected chi connectivity index (χ1v) is 5.33. The lowest BCUT2D eigenvalue weighted by molar-refractivity contribution is -0.144. The van der Waals surface area contributed by atoms with Crippen LogP contribution in [0.5, 0.6) is 0 Å². The van der Waals surface area contributed by atoms with Gasteiger partial charge < -0.3 is 20.8 Å². The summed E-state index contributed by atoms with van der Waals surface area (Å²) in [6.07, 6.45) is 0.750. The van der Waals surface area contributed by atoms with E-state index in [1.54, 1.807) is 0 Å². The van der Waals surface area contributed by atoms with Gasteiger partial charge >= 0.3 is 11.9 Å². The summed E-state index contributed by atoms with van der Waals surface area (Å²) < 4.78 is 0. The van der Waals surface area contributed by atoms with E-state index in [0.29, 0.717) is 5.69 Å². The number of nitrogens with one attached hydrogen (secondary N) is 2. The van der Waals surface area contributed by atoms with E-state index in [2.05, 4.69) is 15.6 Å². The van der Waals surface area contributed by atoms with Crippen molar-refractivity contribution in [1.82, 2.24) is 10.3 Å². The lowest BCUT2D eigenvalue weighted by Gasteiger charge is -2.14. The summed E-state index contributed by atoms with van der Waals surface area (Å²) in [5.41, 5.74) is 0.411. The van der Waals surface area contributed by atoms with Crippen molar-refractivity contribution in [2.24, 2.45) is 0 Å². The summed E-state index contributed by atoms with van der Waals surface area (Å²) >= 11 is 0. The second kappa shape index (κ2) is 6.34. The van der Waals surface area contributed by atoms with Gasteiger partial charge in [0.05, 0.1) is 6.42 Å². The molecule has 4 N–H and O–H groups in total. The van der Waals surface area contributed by atoms with Gasteiger partial charge in [0.25, 0.3) is 5.91 Å². The lowest BCUT2D eigenvalue weighted by Crippen LogP contribution is -2.32. The molecule has 1 atom stereocenters. The maximum absolute atomic E-state index is 11.4. The number of amides is 1. The van der Waals surface area contributed by atoms with Crippen LogP contribution in [0.4, 0.5) is 5.69 Å². The Morgan fingerprint density at radius 1 is 1.37 bits per heavy atom. The van der Waals surface area contributed by atoms with Gasteiger partial charge in [0.2, 0.25) is 0 Å². The fourth-order valence-corrected chi connectivity index (χ4v) is 1.35. The number of carbonyl (C=O) groups is 3. The topological polar surface area (TPSA) is 129 Å². The number of carboxylic acids is 2. The minimum atomic E-state index is -1.29. The highest BCUT2D eigenvalue weighted by atomic mass is 16.4. The predicted molar refractivity (Wildman–Crippen MR) is 64.9 cm³/mol. The summed E-state index contributed by atoms with van der Waals surface area (Å²) in [5, 5.41) is 22.4. The molecule has 0 bridgehead atoms. The molecule has 1 unspecified atom stereocenters. The van der Waals surface area contributed by atoms with E-state index in [1.807, 2.05) is 0 Å². The Balaban J connectivity index is 2.87. The fourth-order valence-electron chi connectivity index (χ4n) is 1.35. The molecule has 0 aliphatic heterocycles. The van der Waals surface area contributed by atoms with E-state index in [1.165, 1.54) is 25.4 Å². The number of aliphatic carboxylic acids is 2. The first-order valence-electron chi connectivity index (χ1n) is 5.33. The van der Waals surface area contributed by atoms with Gasteiger partial charge in [0, 0.05) is 18.9 Å². The van der Waals surface area contributed by atoms with E-state index < -0.39 is 30.3 Å². The van der Waals surface area contributed by atoms with Gasteiger partial charge in [-0.05, 0) is 12.1 Å². The lowest BCUT2D eigenvalue weighted by atomic mass is 10.2. The molecule has 8 heteroatoms. The molecule has 0 fully saturated rings. The molecule has 1 heterocycles. The first kappa shape index (κ1) is 14.4. The average molecular weight is 267 g/mol. The number of carboxylic acid groups (broad SMARTS) is 2. The van der Waals surface area contributed by atoms with Crippen LogP contribution in [0.3, 0.4) is 0 Å². The molecule has 0 radical (unpaired) electrons. The second-order valence-corrected chi connectivity index (χ2v) is 3.64. The van der Waals surface area contributed by atoms with E-state index in [-0.39, 0.29) is 5.69 Å². The zero-order chi connectivity index (χ0) is 14.4. The zero-order valence-corrected chi connectivity index (χ0v) is 10.1. The van der Waals surface area contributed by atoms with Crippen molar-refractivity contribution in [2.45, 2.75) is 12.5 Å². The molecule has 1 aromatic rings. The average Bonchev–Trinajstić information content (AvgIpc) is 2.36. The fraction of sp³-hybridized carbons (Fsp3) is 0.273. The summed E-state index contributed by atoms with van der Waals surface area (Å²) in [6.45, 7) is 0. The maximum Gasteiger partial charge on any atom is 0.326 e. The molecule has 0 aliphatic rings. The minimum Gasteiger partial charge on any atom is -0.481 e. The number of carbonyl (C=O) groups excluding carboxylic acids is 1. The molecule has 8 nitrogen and oxygen atoms in total.